The number of halogens is 1. The van der Waals surface area contributed by atoms with Gasteiger partial charge in [0.25, 0.3) is 0 Å². The maximum Gasteiger partial charge on any atom is 0.131 e. The Bertz CT molecular complexity index is 542. The topological polar surface area (TPSA) is 58.0 Å². The van der Waals surface area contributed by atoms with Gasteiger partial charge in [-0.2, -0.15) is 0 Å². The smallest absolute Gasteiger partial charge is 0.131 e. The molecule has 0 amide bonds. The zero-order valence-electron chi connectivity index (χ0n) is 10.9. The maximum atomic E-state index is 9.72. The van der Waals surface area contributed by atoms with Crippen LogP contribution in [0.3, 0.4) is 0 Å². The normalized spacial score (nSPS) is 13.9. The van der Waals surface area contributed by atoms with Gasteiger partial charge in [-0.3, -0.25) is 0 Å². The molecule has 0 saturated carbocycles. The molecule has 0 aliphatic heterocycles. The fourth-order valence-electron chi connectivity index (χ4n) is 1.89. The van der Waals surface area contributed by atoms with Gasteiger partial charge in [0.05, 0.1) is 12.1 Å². The second-order valence-corrected chi connectivity index (χ2v) is 5.42. The van der Waals surface area contributed by atoms with Crippen LogP contribution in [0.4, 0.5) is 5.82 Å². The van der Waals surface area contributed by atoms with Gasteiger partial charge in [-0.05, 0) is 35.3 Å². The molecule has 1 heterocycles. The van der Waals surface area contributed by atoms with Gasteiger partial charge in [-0.1, -0.05) is 30.3 Å². The largest absolute Gasteiger partial charge is 0.394 e. The van der Waals surface area contributed by atoms with E-state index in [-0.39, 0.29) is 6.61 Å². The van der Waals surface area contributed by atoms with Crippen LogP contribution >= 0.6 is 15.9 Å². The van der Waals surface area contributed by atoms with Gasteiger partial charge in [-0.15, -0.1) is 0 Å². The van der Waals surface area contributed by atoms with Gasteiger partial charge >= 0.3 is 0 Å². The van der Waals surface area contributed by atoms with E-state index in [2.05, 4.69) is 31.2 Å². The Hall–Kier alpha value is -1.46. The summed E-state index contributed by atoms with van der Waals surface area (Å²) in [7, 11) is 0. The second-order valence-electron chi connectivity index (χ2n) is 4.60. The van der Waals surface area contributed by atoms with Crippen molar-refractivity contribution in [3.8, 4) is 0 Å². The highest BCUT2D eigenvalue weighted by Gasteiger charge is 2.26. The summed E-state index contributed by atoms with van der Waals surface area (Å²) in [4.78, 5) is 8.50. The molecule has 2 rings (SSSR count). The van der Waals surface area contributed by atoms with Crippen molar-refractivity contribution in [3.63, 3.8) is 0 Å². The van der Waals surface area contributed by atoms with Crippen molar-refractivity contribution in [3.05, 3.63) is 52.4 Å². The molecule has 19 heavy (non-hydrogen) atoms. The summed E-state index contributed by atoms with van der Waals surface area (Å²) in [5.41, 5.74) is 0.423. The van der Waals surface area contributed by atoms with Crippen molar-refractivity contribution in [2.75, 3.05) is 11.9 Å². The minimum Gasteiger partial charge on any atom is -0.394 e. The first-order valence-corrected chi connectivity index (χ1v) is 6.78. The molecule has 0 saturated heterocycles. The fourth-order valence-corrected chi connectivity index (χ4v) is 2.36. The molecule has 5 heteroatoms. The molecule has 0 aliphatic rings. The van der Waals surface area contributed by atoms with Crippen LogP contribution in [0.5, 0.6) is 0 Å². The number of benzene rings is 1. The highest BCUT2D eigenvalue weighted by Crippen LogP contribution is 2.25. The molecule has 0 aliphatic carbocycles. The van der Waals surface area contributed by atoms with E-state index in [0.29, 0.717) is 11.6 Å². The zero-order chi connectivity index (χ0) is 13.9. The van der Waals surface area contributed by atoms with Crippen LogP contribution in [-0.2, 0) is 5.54 Å². The quantitative estimate of drug-likeness (QED) is 0.850. The number of aliphatic hydroxyl groups excluding tert-OH is 1. The molecule has 1 unspecified atom stereocenters. The number of nitrogens with one attached hydrogen (secondary N) is 1. The molecule has 1 aromatic heterocycles. The van der Waals surface area contributed by atoms with Crippen molar-refractivity contribution in [1.82, 2.24) is 9.97 Å². The first-order chi connectivity index (χ1) is 9.03. The predicted molar refractivity (Wildman–Crippen MR) is 79.0 cm³/mol. The average molecular weight is 322 g/mol. The molecule has 2 N–H and O–H groups in total. The Kier molecular flexibility index (Phi) is 4.17. The Balaban J connectivity index is 2.33. The third-order valence-corrected chi connectivity index (χ3v) is 3.34. The lowest BCUT2D eigenvalue weighted by Crippen LogP contribution is -2.36. The van der Waals surface area contributed by atoms with E-state index < -0.39 is 5.54 Å². The molecule has 2 aromatic rings. The van der Waals surface area contributed by atoms with Crippen LogP contribution in [0.15, 0.2) is 41.0 Å². The Labute approximate surface area is 121 Å². The lowest BCUT2D eigenvalue weighted by Gasteiger charge is -2.30. The highest BCUT2D eigenvalue weighted by molar-refractivity contribution is 9.10. The molecule has 4 nitrogen and oxygen atoms in total. The van der Waals surface area contributed by atoms with Gasteiger partial charge in [-0.25, -0.2) is 9.97 Å². The summed E-state index contributed by atoms with van der Waals surface area (Å²) < 4.78 is 0.718. The van der Waals surface area contributed by atoms with Crippen molar-refractivity contribution in [1.29, 1.82) is 0 Å². The molecule has 1 atom stereocenters. The summed E-state index contributed by atoms with van der Waals surface area (Å²) in [6, 6.07) is 11.6. The number of aryl methyl sites for hydroxylation is 1. The van der Waals surface area contributed by atoms with Crippen LogP contribution in [0.2, 0.25) is 0 Å². The number of aromatic nitrogens is 2. The summed E-state index contributed by atoms with van der Waals surface area (Å²) in [5.74, 6) is 1.35. The molecule has 0 radical (unpaired) electrons. The van der Waals surface area contributed by atoms with Crippen molar-refractivity contribution in [2.24, 2.45) is 0 Å². The average Bonchev–Trinajstić information content (AvgIpc) is 2.38. The van der Waals surface area contributed by atoms with Gasteiger partial charge in [0.15, 0.2) is 0 Å². The molecule has 100 valence electrons. The Morgan fingerprint density at radius 3 is 2.53 bits per heavy atom. The summed E-state index contributed by atoms with van der Waals surface area (Å²) in [6.45, 7) is 3.74. The number of hydrogen-bond donors (Lipinski definition) is 2. The number of nitrogens with zero attached hydrogens (tertiary/aromatic N) is 2. The second kappa shape index (κ2) is 5.67. The van der Waals surface area contributed by atoms with Crippen molar-refractivity contribution < 1.29 is 5.11 Å². The van der Waals surface area contributed by atoms with Crippen molar-refractivity contribution >= 4 is 21.7 Å². The minimum atomic E-state index is -0.582. The molecule has 1 aromatic carbocycles. The maximum absolute atomic E-state index is 9.72. The summed E-state index contributed by atoms with van der Waals surface area (Å²) in [5, 5.41) is 13.0. The van der Waals surface area contributed by atoms with E-state index >= 15 is 0 Å². The van der Waals surface area contributed by atoms with Crippen molar-refractivity contribution in [2.45, 2.75) is 19.4 Å². The minimum absolute atomic E-state index is 0.0301. The molecule has 0 spiro atoms. The van der Waals surface area contributed by atoms with Crippen LogP contribution in [-0.4, -0.2) is 21.7 Å². The molecular weight excluding hydrogens is 306 g/mol. The lowest BCUT2D eigenvalue weighted by atomic mass is 9.93. The number of hydrogen-bond acceptors (Lipinski definition) is 4. The van der Waals surface area contributed by atoms with Crippen LogP contribution in [0.1, 0.15) is 18.3 Å². The highest BCUT2D eigenvalue weighted by atomic mass is 79.9. The lowest BCUT2D eigenvalue weighted by molar-refractivity contribution is 0.223. The SMILES string of the molecule is Cc1nc(Br)cc(NC(C)(CO)c2ccccc2)n1. The first-order valence-electron chi connectivity index (χ1n) is 5.99. The molecule has 0 fully saturated rings. The van der Waals surface area contributed by atoms with Crippen LogP contribution in [0, 0.1) is 6.92 Å². The Morgan fingerprint density at radius 1 is 1.26 bits per heavy atom. The van der Waals surface area contributed by atoms with Crippen LogP contribution < -0.4 is 5.32 Å². The third kappa shape index (κ3) is 3.30. The van der Waals surface area contributed by atoms with Gasteiger partial charge < -0.3 is 10.4 Å². The number of anilines is 1. The third-order valence-electron chi connectivity index (χ3n) is 2.94. The van der Waals surface area contributed by atoms with Crippen LogP contribution in [0.25, 0.3) is 0 Å². The fraction of sp³-hybridized carbons (Fsp3) is 0.286. The number of aliphatic hydroxyl groups is 1. The van der Waals surface area contributed by atoms with E-state index in [4.69, 9.17) is 0 Å². The predicted octanol–water partition coefficient (Wildman–Crippen LogP) is 2.87. The van der Waals surface area contributed by atoms with E-state index in [1.807, 2.05) is 44.2 Å². The van der Waals surface area contributed by atoms with Gasteiger partial charge in [0.2, 0.25) is 0 Å². The zero-order valence-corrected chi connectivity index (χ0v) is 12.5. The van der Waals surface area contributed by atoms with Gasteiger partial charge in [0, 0.05) is 6.07 Å². The standard InChI is InChI=1S/C14H16BrN3O/c1-10-16-12(15)8-13(17-10)18-14(2,9-19)11-6-4-3-5-7-11/h3-8,19H,9H2,1-2H3,(H,16,17,18). The summed E-state index contributed by atoms with van der Waals surface area (Å²) >= 11 is 3.35. The van der Waals surface area contributed by atoms with E-state index in [1.54, 1.807) is 6.07 Å². The van der Waals surface area contributed by atoms with E-state index in [0.717, 1.165) is 10.2 Å². The summed E-state index contributed by atoms with van der Waals surface area (Å²) in [6.07, 6.45) is 0. The van der Waals surface area contributed by atoms with E-state index in [9.17, 15) is 5.11 Å². The van der Waals surface area contributed by atoms with E-state index in [1.165, 1.54) is 0 Å². The monoisotopic (exact) mass is 321 g/mol. The van der Waals surface area contributed by atoms with Gasteiger partial charge in [0.1, 0.15) is 16.2 Å². The number of rotatable bonds is 4. The Morgan fingerprint density at radius 2 is 1.95 bits per heavy atom. The molecular formula is C14H16BrN3O. The molecule has 0 bridgehead atoms. The first kappa shape index (κ1) is 14.0.